The summed E-state index contributed by atoms with van der Waals surface area (Å²) in [7, 11) is 0. The number of rotatable bonds is 11. The summed E-state index contributed by atoms with van der Waals surface area (Å²) in [5, 5.41) is 9.07. The van der Waals surface area contributed by atoms with Crippen molar-refractivity contribution in [3.63, 3.8) is 0 Å². The third kappa shape index (κ3) is 5.60. The lowest BCUT2D eigenvalue weighted by molar-refractivity contribution is -0.130. The van der Waals surface area contributed by atoms with Crippen molar-refractivity contribution in [2.24, 2.45) is 0 Å². The Labute approximate surface area is 128 Å². The molecule has 0 aromatic heterocycles. The highest BCUT2D eigenvalue weighted by Crippen LogP contribution is 2.34. The van der Waals surface area contributed by atoms with Gasteiger partial charge in [-0.2, -0.15) is 0 Å². The fourth-order valence-corrected chi connectivity index (χ4v) is 2.63. The molecule has 0 radical (unpaired) electrons. The first-order chi connectivity index (χ1) is 10.2. The fraction of sp³-hybridized carbons (Fsp3) is 0.611. The van der Waals surface area contributed by atoms with Crippen LogP contribution in [0.25, 0.3) is 0 Å². The predicted molar refractivity (Wildman–Crippen MR) is 85.2 cm³/mol. The van der Waals surface area contributed by atoms with Crippen molar-refractivity contribution in [1.82, 2.24) is 0 Å². The zero-order chi connectivity index (χ0) is 15.6. The summed E-state index contributed by atoms with van der Waals surface area (Å²) in [5.41, 5.74) is 0.414. The zero-order valence-corrected chi connectivity index (χ0v) is 13.3. The molecule has 1 aromatic rings. The molecule has 0 saturated carbocycles. The normalized spacial score (nSPS) is 13.9. The average molecular weight is 292 g/mol. The van der Waals surface area contributed by atoms with Crippen molar-refractivity contribution in [1.29, 1.82) is 0 Å². The molecule has 1 atom stereocenters. The molecule has 0 amide bonds. The van der Waals surface area contributed by atoms with Crippen LogP contribution in [0.3, 0.4) is 0 Å². The van der Waals surface area contributed by atoms with E-state index in [9.17, 15) is 4.79 Å². The molecule has 1 N–H and O–H groups in total. The lowest BCUT2D eigenvalue weighted by Gasteiger charge is -2.33. The van der Waals surface area contributed by atoms with E-state index < -0.39 is 5.60 Å². The van der Waals surface area contributed by atoms with Crippen LogP contribution in [-0.4, -0.2) is 24.1 Å². The van der Waals surface area contributed by atoms with Crippen molar-refractivity contribution in [2.45, 2.75) is 58.0 Å². The van der Waals surface area contributed by atoms with Crippen LogP contribution in [0, 0.1) is 0 Å². The zero-order valence-electron chi connectivity index (χ0n) is 13.3. The lowest BCUT2D eigenvalue weighted by Crippen LogP contribution is -2.33. The van der Waals surface area contributed by atoms with Crippen LogP contribution in [0.5, 0.6) is 0 Å². The summed E-state index contributed by atoms with van der Waals surface area (Å²) in [6.45, 7) is 4.39. The second-order valence-corrected chi connectivity index (χ2v) is 5.46. The van der Waals surface area contributed by atoms with Crippen molar-refractivity contribution in [3.05, 3.63) is 35.9 Å². The lowest BCUT2D eigenvalue weighted by atomic mass is 9.85. The van der Waals surface area contributed by atoms with Crippen LogP contribution in [0.4, 0.5) is 0 Å². The van der Waals surface area contributed by atoms with E-state index in [4.69, 9.17) is 9.84 Å². The van der Waals surface area contributed by atoms with E-state index in [0.717, 1.165) is 31.2 Å². The van der Waals surface area contributed by atoms with Gasteiger partial charge < -0.3 is 9.84 Å². The molecule has 3 heteroatoms. The van der Waals surface area contributed by atoms with Crippen LogP contribution < -0.4 is 0 Å². The second kappa shape index (κ2) is 9.69. The first kappa shape index (κ1) is 17.9. The van der Waals surface area contributed by atoms with E-state index in [1.54, 1.807) is 0 Å². The Bertz CT molecular complexity index is 402. The molecule has 21 heavy (non-hydrogen) atoms. The van der Waals surface area contributed by atoms with Crippen molar-refractivity contribution in [2.75, 3.05) is 13.2 Å². The van der Waals surface area contributed by atoms with Crippen LogP contribution in [0.1, 0.15) is 57.9 Å². The average Bonchev–Trinajstić information content (AvgIpc) is 2.52. The summed E-state index contributed by atoms with van der Waals surface area (Å²) in [6.07, 6.45) is 4.88. The van der Waals surface area contributed by atoms with E-state index in [2.05, 4.69) is 6.92 Å². The Morgan fingerprint density at radius 2 is 1.90 bits per heavy atom. The van der Waals surface area contributed by atoms with Gasteiger partial charge in [0.2, 0.25) is 0 Å². The molecule has 0 aliphatic rings. The minimum absolute atomic E-state index is 0.0292. The van der Waals surface area contributed by atoms with E-state index in [0.29, 0.717) is 12.8 Å². The standard InChI is InChI=1S/C18H28O3/c1-3-5-7-12-17(20)15-18(4-2,21-14-13-19)16-10-8-6-9-11-16/h6,8-11,19H,3-5,7,12-15H2,1-2H3. The van der Waals surface area contributed by atoms with Crippen molar-refractivity contribution >= 4 is 5.78 Å². The number of hydrogen-bond donors (Lipinski definition) is 1. The monoisotopic (exact) mass is 292 g/mol. The highest BCUT2D eigenvalue weighted by atomic mass is 16.5. The van der Waals surface area contributed by atoms with Crippen LogP contribution in [0.2, 0.25) is 0 Å². The van der Waals surface area contributed by atoms with Crippen LogP contribution in [0.15, 0.2) is 30.3 Å². The van der Waals surface area contributed by atoms with Gasteiger partial charge in [-0.15, -0.1) is 0 Å². The van der Waals surface area contributed by atoms with E-state index in [1.807, 2.05) is 37.3 Å². The second-order valence-electron chi connectivity index (χ2n) is 5.46. The van der Waals surface area contributed by atoms with Crippen molar-refractivity contribution in [3.8, 4) is 0 Å². The quantitative estimate of drug-likeness (QED) is 0.630. The number of carbonyl (C=O) groups is 1. The smallest absolute Gasteiger partial charge is 0.136 e. The highest BCUT2D eigenvalue weighted by Gasteiger charge is 2.33. The molecule has 0 bridgehead atoms. The molecular weight excluding hydrogens is 264 g/mol. The number of aliphatic hydroxyl groups excluding tert-OH is 1. The number of Topliss-reactive ketones (excluding diaryl/α,β-unsaturated/α-hetero) is 1. The van der Waals surface area contributed by atoms with Gasteiger partial charge in [-0.3, -0.25) is 4.79 Å². The molecule has 1 aromatic carbocycles. The molecule has 0 saturated heterocycles. The van der Waals surface area contributed by atoms with Gasteiger partial charge in [0, 0.05) is 12.8 Å². The third-order valence-corrected chi connectivity index (χ3v) is 3.88. The maximum atomic E-state index is 12.3. The van der Waals surface area contributed by atoms with Gasteiger partial charge in [-0.1, -0.05) is 57.0 Å². The van der Waals surface area contributed by atoms with Gasteiger partial charge in [0.25, 0.3) is 0 Å². The van der Waals surface area contributed by atoms with Gasteiger partial charge in [-0.25, -0.2) is 0 Å². The number of aliphatic hydroxyl groups is 1. The van der Waals surface area contributed by atoms with Crippen LogP contribution in [-0.2, 0) is 15.1 Å². The van der Waals surface area contributed by atoms with Gasteiger partial charge in [0.1, 0.15) is 5.78 Å². The number of unbranched alkanes of at least 4 members (excludes halogenated alkanes) is 2. The number of carbonyl (C=O) groups excluding carboxylic acids is 1. The molecular formula is C18H28O3. The number of ketones is 1. The van der Waals surface area contributed by atoms with E-state index in [1.165, 1.54) is 0 Å². The van der Waals surface area contributed by atoms with E-state index >= 15 is 0 Å². The molecule has 1 unspecified atom stereocenters. The van der Waals surface area contributed by atoms with Crippen LogP contribution >= 0.6 is 0 Å². The van der Waals surface area contributed by atoms with Gasteiger partial charge >= 0.3 is 0 Å². The maximum Gasteiger partial charge on any atom is 0.136 e. The molecule has 0 spiro atoms. The molecule has 0 aliphatic carbocycles. The summed E-state index contributed by atoms with van der Waals surface area (Å²) in [6, 6.07) is 9.88. The first-order valence-corrected chi connectivity index (χ1v) is 8.00. The van der Waals surface area contributed by atoms with Gasteiger partial charge in [-0.05, 0) is 18.4 Å². The Hall–Kier alpha value is -1.19. The fourth-order valence-electron chi connectivity index (χ4n) is 2.63. The number of hydrogen-bond acceptors (Lipinski definition) is 3. The molecule has 0 heterocycles. The summed E-state index contributed by atoms with van der Waals surface area (Å²) in [4.78, 5) is 12.3. The Morgan fingerprint density at radius 1 is 1.19 bits per heavy atom. The summed E-state index contributed by atoms with van der Waals surface area (Å²) in [5.74, 6) is 0.243. The topological polar surface area (TPSA) is 46.5 Å². The van der Waals surface area contributed by atoms with Gasteiger partial charge in [0.05, 0.1) is 18.8 Å². The molecule has 1 rings (SSSR count). The molecule has 118 valence electrons. The Balaban J connectivity index is 2.83. The molecule has 0 aliphatic heterocycles. The summed E-state index contributed by atoms with van der Waals surface area (Å²) >= 11 is 0. The molecule has 3 nitrogen and oxygen atoms in total. The third-order valence-electron chi connectivity index (χ3n) is 3.88. The first-order valence-electron chi connectivity index (χ1n) is 8.00. The largest absolute Gasteiger partial charge is 0.394 e. The maximum absolute atomic E-state index is 12.3. The predicted octanol–water partition coefficient (Wildman–Crippen LogP) is 3.84. The van der Waals surface area contributed by atoms with Gasteiger partial charge in [0.15, 0.2) is 0 Å². The number of ether oxygens (including phenoxy) is 1. The summed E-state index contributed by atoms with van der Waals surface area (Å²) < 4.78 is 5.92. The Kier molecular flexibility index (Phi) is 8.24. The highest BCUT2D eigenvalue weighted by molar-refractivity contribution is 5.79. The Morgan fingerprint density at radius 3 is 2.48 bits per heavy atom. The minimum atomic E-state index is -0.604. The van der Waals surface area contributed by atoms with Crippen molar-refractivity contribution < 1.29 is 14.6 Å². The number of benzene rings is 1. The SMILES string of the molecule is CCCCCC(=O)CC(CC)(OCCO)c1ccccc1. The van der Waals surface area contributed by atoms with E-state index in [-0.39, 0.29) is 19.0 Å². The minimum Gasteiger partial charge on any atom is -0.394 e. The molecule has 0 fully saturated rings.